The number of hydrogen-bond donors (Lipinski definition) is 2. The molecule has 1 amide bonds. The van der Waals surface area contributed by atoms with Gasteiger partial charge in [-0.3, -0.25) is 10.1 Å². The molecule has 2 heterocycles. The van der Waals surface area contributed by atoms with Gasteiger partial charge >= 0.3 is 0 Å². The third kappa shape index (κ3) is 4.11. The van der Waals surface area contributed by atoms with Gasteiger partial charge in [-0.1, -0.05) is 23.2 Å². The third-order valence-corrected chi connectivity index (χ3v) is 3.24. The van der Waals surface area contributed by atoms with E-state index in [9.17, 15) is 13.6 Å². The molecule has 8 heteroatoms. The van der Waals surface area contributed by atoms with Gasteiger partial charge in [-0.15, -0.1) is 0 Å². The number of carbonyl (C=O) groups excluding carboxylic acids is 1. The monoisotopic (exact) mass is 311 g/mol. The maximum atomic E-state index is 12.4. The van der Waals surface area contributed by atoms with Crippen molar-refractivity contribution < 1.29 is 18.7 Å². The van der Waals surface area contributed by atoms with Gasteiger partial charge in [0.2, 0.25) is 0 Å². The summed E-state index contributed by atoms with van der Waals surface area (Å²) in [6.45, 7) is -0.804. The molecule has 2 aromatic heterocycles. The van der Waals surface area contributed by atoms with Gasteiger partial charge in [0.05, 0.1) is 17.6 Å². The second-order valence-corrected chi connectivity index (χ2v) is 4.91. The zero-order valence-electron chi connectivity index (χ0n) is 10.7. The summed E-state index contributed by atoms with van der Waals surface area (Å²) < 4.78 is 26.0. The molecule has 5 nitrogen and oxygen atoms in total. The smallest absolute Gasteiger partial charge is 0.274 e. The maximum Gasteiger partial charge on any atom is 0.274 e. The molecule has 0 aromatic carbocycles. The van der Waals surface area contributed by atoms with E-state index in [4.69, 9.17) is 5.11 Å². The molecule has 2 N–H and O–H groups in total. The zero-order valence-corrected chi connectivity index (χ0v) is 11.5. The number of nitrogens with zero attached hydrogens (tertiary/aromatic N) is 2. The van der Waals surface area contributed by atoms with Crippen LogP contribution in [0.1, 0.15) is 15.4 Å². The quantitative estimate of drug-likeness (QED) is 0.846. The van der Waals surface area contributed by atoms with Crippen LogP contribution >= 0.6 is 11.3 Å². The maximum absolute atomic E-state index is 12.4. The van der Waals surface area contributed by atoms with Crippen molar-refractivity contribution in [3.8, 4) is 11.8 Å². The number of amides is 1. The Morgan fingerprint density at radius 3 is 3.10 bits per heavy atom. The van der Waals surface area contributed by atoms with E-state index in [1.165, 1.54) is 29.1 Å². The Balaban J connectivity index is 2.08. The van der Waals surface area contributed by atoms with Crippen LogP contribution in [0, 0.1) is 11.8 Å². The summed E-state index contributed by atoms with van der Waals surface area (Å²) >= 11 is 1.13. The van der Waals surface area contributed by atoms with Crippen LogP contribution < -0.4 is 5.32 Å². The first-order valence-corrected chi connectivity index (χ1v) is 6.72. The Morgan fingerprint density at radius 2 is 2.38 bits per heavy atom. The molecule has 0 aliphatic heterocycles. The number of anilines is 1. The van der Waals surface area contributed by atoms with Crippen LogP contribution in [0.5, 0.6) is 0 Å². The van der Waals surface area contributed by atoms with Gasteiger partial charge in [0.1, 0.15) is 12.3 Å². The highest BCUT2D eigenvalue weighted by molar-refractivity contribution is 7.16. The van der Waals surface area contributed by atoms with E-state index in [-0.39, 0.29) is 12.3 Å². The molecule has 0 unspecified atom stereocenters. The van der Waals surface area contributed by atoms with Crippen molar-refractivity contribution in [3.05, 3.63) is 35.1 Å². The molecule has 0 saturated heterocycles. The minimum atomic E-state index is -2.54. The summed E-state index contributed by atoms with van der Waals surface area (Å²) in [7, 11) is 0. The van der Waals surface area contributed by atoms with Gasteiger partial charge in [-0.05, 0) is 12.1 Å². The molecule has 0 fully saturated rings. The first-order chi connectivity index (χ1) is 10.1. The lowest BCUT2D eigenvalue weighted by molar-refractivity contribution is 0.0997. The van der Waals surface area contributed by atoms with E-state index in [0.29, 0.717) is 10.0 Å². The van der Waals surface area contributed by atoms with Crippen molar-refractivity contribution in [2.75, 3.05) is 11.9 Å². The summed E-state index contributed by atoms with van der Waals surface area (Å²) in [5.41, 5.74) is 0.133. The van der Waals surface area contributed by atoms with E-state index in [1.807, 2.05) is 0 Å². The minimum absolute atomic E-state index is 0.133. The highest BCUT2D eigenvalue weighted by Gasteiger charge is 2.15. The molecule has 0 atom stereocenters. The van der Waals surface area contributed by atoms with Crippen molar-refractivity contribution in [3.63, 3.8) is 0 Å². The number of halogens is 2. The summed E-state index contributed by atoms with van der Waals surface area (Å²) in [6.07, 6.45) is 0.339. The fourth-order valence-electron chi connectivity index (χ4n) is 1.61. The summed E-state index contributed by atoms with van der Waals surface area (Å²) in [5.74, 6) is 4.61. The van der Waals surface area contributed by atoms with Gasteiger partial charge in [-0.2, -0.15) is 0 Å². The number of rotatable bonds is 4. The lowest BCUT2D eigenvalue weighted by atomic mass is 10.4. The molecular formula is C13H11F2N3O2S. The third-order valence-electron chi connectivity index (χ3n) is 2.41. The second-order valence-electron chi connectivity index (χ2n) is 3.88. The number of nitrogens with one attached hydrogen (secondary N) is 1. The molecule has 0 aliphatic carbocycles. The van der Waals surface area contributed by atoms with Crippen molar-refractivity contribution in [2.24, 2.45) is 0 Å². The predicted octanol–water partition coefficient (Wildman–Crippen LogP) is 1.81. The van der Waals surface area contributed by atoms with Gasteiger partial charge in [0.25, 0.3) is 12.3 Å². The van der Waals surface area contributed by atoms with E-state index in [1.54, 1.807) is 0 Å². The largest absolute Gasteiger partial charge is 0.384 e. The Labute approximate surface area is 123 Å². The topological polar surface area (TPSA) is 67.2 Å². The van der Waals surface area contributed by atoms with Gasteiger partial charge in [0.15, 0.2) is 5.13 Å². The molecule has 2 rings (SSSR count). The van der Waals surface area contributed by atoms with Crippen LogP contribution in [-0.2, 0) is 6.54 Å². The molecule has 110 valence electrons. The molecule has 0 aliphatic rings. The van der Waals surface area contributed by atoms with Crippen LogP contribution in [0.2, 0.25) is 0 Å². The first kappa shape index (κ1) is 15.2. The second kappa shape index (κ2) is 6.97. The SMILES string of the molecule is O=C(Nc1ncc(C#CCO)s1)c1cccn1CC(F)F. The molecule has 2 aromatic rings. The zero-order chi connectivity index (χ0) is 15.2. The van der Waals surface area contributed by atoms with Crippen LogP contribution in [0.25, 0.3) is 0 Å². The van der Waals surface area contributed by atoms with Crippen molar-refractivity contribution in [2.45, 2.75) is 13.0 Å². The van der Waals surface area contributed by atoms with Crippen LogP contribution in [0.15, 0.2) is 24.5 Å². The van der Waals surface area contributed by atoms with Gasteiger partial charge in [-0.25, -0.2) is 13.8 Å². The molecule has 0 saturated carbocycles. The lowest BCUT2D eigenvalue weighted by Crippen LogP contribution is -2.18. The van der Waals surface area contributed by atoms with E-state index in [0.717, 1.165) is 11.3 Å². The number of carbonyl (C=O) groups is 1. The Bertz CT molecular complexity index is 685. The molecule has 0 radical (unpaired) electrons. The number of aromatic nitrogens is 2. The summed E-state index contributed by atoms with van der Waals surface area (Å²) in [5, 5.41) is 11.4. The molecule has 0 spiro atoms. The van der Waals surface area contributed by atoms with Crippen molar-refractivity contribution in [1.82, 2.24) is 9.55 Å². The summed E-state index contributed by atoms with van der Waals surface area (Å²) in [6, 6.07) is 2.98. The lowest BCUT2D eigenvalue weighted by Gasteiger charge is -2.07. The average Bonchev–Trinajstić information content (AvgIpc) is 3.05. The van der Waals surface area contributed by atoms with Crippen LogP contribution in [0.3, 0.4) is 0 Å². The number of thiazole rings is 1. The number of aliphatic hydroxyl groups is 1. The Morgan fingerprint density at radius 1 is 1.57 bits per heavy atom. The number of aliphatic hydroxyl groups excluding tert-OH is 1. The summed E-state index contributed by atoms with van der Waals surface area (Å²) in [4.78, 5) is 16.6. The van der Waals surface area contributed by atoms with Crippen LogP contribution in [0.4, 0.5) is 13.9 Å². The van der Waals surface area contributed by atoms with Crippen molar-refractivity contribution >= 4 is 22.4 Å². The predicted molar refractivity (Wildman–Crippen MR) is 74.5 cm³/mol. The fourth-order valence-corrected chi connectivity index (χ4v) is 2.29. The first-order valence-electron chi connectivity index (χ1n) is 5.90. The van der Waals surface area contributed by atoms with Crippen LogP contribution in [-0.4, -0.2) is 33.6 Å². The van der Waals surface area contributed by atoms with E-state index < -0.39 is 18.9 Å². The molecule has 0 bridgehead atoms. The minimum Gasteiger partial charge on any atom is -0.384 e. The fraction of sp³-hybridized carbons (Fsp3) is 0.231. The average molecular weight is 311 g/mol. The van der Waals surface area contributed by atoms with Gasteiger partial charge < -0.3 is 9.67 Å². The normalized spacial score (nSPS) is 10.3. The number of hydrogen-bond acceptors (Lipinski definition) is 4. The highest BCUT2D eigenvalue weighted by atomic mass is 32.1. The highest BCUT2D eigenvalue weighted by Crippen LogP contribution is 2.18. The molecular weight excluding hydrogens is 300 g/mol. The van der Waals surface area contributed by atoms with E-state index in [2.05, 4.69) is 22.1 Å². The number of alkyl halides is 2. The Hall–Kier alpha value is -2.24. The standard InChI is InChI=1S/C13H11F2N3O2S/c14-11(15)8-18-5-1-4-10(18)12(20)17-13-16-7-9(21-13)3-2-6-19/h1,4-5,7,11,19H,6,8H2,(H,16,17,20). The van der Waals surface area contributed by atoms with Gasteiger partial charge in [0, 0.05) is 6.20 Å². The Kier molecular flexibility index (Phi) is 5.03. The van der Waals surface area contributed by atoms with E-state index >= 15 is 0 Å². The molecule has 21 heavy (non-hydrogen) atoms. The van der Waals surface area contributed by atoms with Crippen molar-refractivity contribution in [1.29, 1.82) is 0 Å².